The van der Waals surface area contributed by atoms with E-state index in [1.165, 1.54) is 0 Å². The quantitative estimate of drug-likeness (QED) is 0.801. The van der Waals surface area contributed by atoms with Crippen LogP contribution < -0.4 is 4.74 Å². The summed E-state index contributed by atoms with van der Waals surface area (Å²) in [5.74, 6) is 0.913. The van der Waals surface area contributed by atoms with Crippen LogP contribution in [-0.2, 0) is 16.1 Å². The highest BCUT2D eigenvalue weighted by molar-refractivity contribution is 5.78. The fourth-order valence-electron chi connectivity index (χ4n) is 4.14. The van der Waals surface area contributed by atoms with Crippen molar-refractivity contribution in [1.29, 1.82) is 0 Å². The molecule has 136 valence electrons. The average molecular weight is 352 g/mol. The lowest BCUT2D eigenvalue weighted by Gasteiger charge is -2.38. The van der Waals surface area contributed by atoms with Crippen LogP contribution in [0.5, 0.6) is 5.75 Å². The minimum absolute atomic E-state index is 0.105. The molecule has 0 radical (unpaired) electrons. The highest BCUT2D eigenvalue weighted by atomic mass is 16.5. The predicted molar refractivity (Wildman–Crippen MR) is 97.6 cm³/mol. The van der Waals surface area contributed by atoms with Crippen molar-refractivity contribution in [3.05, 3.63) is 60.4 Å². The molecule has 26 heavy (non-hydrogen) atoms. The first kappa shape index (κ1) is 17.0. The number of hydrogen-bond acceptors (Lipinski definition) is 4. The van der Waals surface area contributed by atoms with Crippen LogP contribution in [-0.4, -0.2) is 40.6 Å². The van der Waals surface area contributed by atoms with Crippen LogP contribution in [0, 0.1) is 0 Å². The number of fused-ring (bicyclic) bond motifs is 2. The Labute approximate surface area is 153 Å². The molecule has 1 aromatic carbocycles. The molecule has 2 saturated heterocycles. The van der Waals surface area contributed by atoms with Gasteiger partial charge >= 0.3 is 0 Å². The van der Waals surface area contributed by atoms with Crippen molar-refractivity contribution in [3.63, 3.8) is 0 Å². The molecule has 1 amide bonds. The van der Waals surface area contributed by atoms with Crippen LogP contribution in [0.3, 0.4) is 0 Å². The van der Waals surface area contributed by atoms with Gasteiger partial charge in [-0.1, -0.05) is 30.3 Å². The van der Waals surface area contributed by atoms with Crippen LogP contribution in [0.1, 0.15) is 31.2 Å². The molecule has 2 aliphatic heterocycles. The molecule has 2 unspecified atom stereocenters. The molecule has 0 aliphatic carbocycles. The Morgan fingerprint density at radius 1 is 1.08 bits per heavy atom. The van der Waals surface area contributed by atoms with Gasteiger partial charge in [-0.15, -0.1) is 0 Å². The molecule has 1 aromatic heterocycles. The third kappa shape index (κ3) is 3.88. The zero-order valence-corrected chi connectivity index (χ0v) is 14.8. The van der Waals surface area contributed by atoms with Crippen LogP contribution in [0.25, 0.3) is 0 Å². The molecule has 3 heterocycles. The number of nitrogens with zero attached hydrogens (tertiary/aromatic N) is 2. The van der Waals surface area contributed by atoms with Gasteiger partial charge in [-0.3, -0.25) is 9.78 Å². The van der Waals surface area contributed by atoms with E-state index in [0.717, 1.165) is 37.0 Å². The summed E-state index contributed by atoms with van der Waals surface area (Å²) in [5, 5.41) is 0. The number of carbonyl (C=O) groups is 1. The van der Waals surface area contributed by atoms with Crippen molar-refractivity contribution in [3.8, 4) is 5.75 Å². The summed E-state index contributed by atoms with van der Waals surface area (Å²) in [6.45, 7) is 0.624. The Morgan fingerprint density at radius 3 is 2.54 bits per heavy atom. The van der Waals surface area contributed by atoms with Crippen LogP contribution in [0.4, 0.5) is 0 Å². The van der Waals surface area contributed by atoms with Gasteiger partial charge in [-0.05, 0) is 30.5 Å². The minimum Gasteiger partial charge on any atom is -0.489 e. The van der Waals surface area contributed by atoms with Crippen molar-refractivity contribution >= 4 is 5.91 Å². The van der Waals surface area contributed by atoms with Gasteiger partial charge in [0, 0.05) is 31.1 Å². The van der Waals surface area contributed by atoms with E-state index in [2.05, 4.69) is 4.98 Å². The second kappa shape index (κ2) is 7.87. The van der Waals surface area contributed by atoms with Crippen LogP contribution in [0.2, 0.25) is 0 Å². The van der Waals surface area contributed by atoms with Crippen molar-refractivity contribution in [1.82, 2.24) is 9.88 Å². The molecule has 0 spiro atoms. The van der Waals surface area contributed by atoms with Crippen molar-refractivity contribution in [2.24, 2.45) is 0 Å². The molecule has 5 nitrogen and oxygen atoms in total. The lowest BCUT2D eigenvalue weighted by molar-refractivity contribution is -0.142. The molecule has 2 aliphatic rings. The van der Waals surface area contributed by atoms with E-state index in [4.69, 9.17) is 9.47 Å². The standard InChI is InChI=1S/C21H24N2O3/c24-21(15-25-14-16-5-2-1-3-6-16)23-17-8-9-18(23)12-20(11-17)26-19-7-4-10-22-13-19/h1-7,10,13,17-18,20H,8-9,11-12,14-15H2. The second-order valence-corrected chi connectivity index (χ2v) is 7.06. The van der Waals surface area contributed by atoms with Gasteiger partial charge in [0.1, 0.15) is 18.5 Å². The summed E-state index contributed by atoms with van der Waals surface area (Å²) < 4.78 is 11.7. The number of piperidine rings is 1. The van der Waals surface area contributed by atoms with Gasteiger partial charge in [-0.2, -0.15) is 0 Å². The number of carbonyl (C=O) groups excluding carboxylic acids is 1. The topological polar surface area (TPSA) is 51.7 Å². The SMILES string of the molecule is O=C(COCc1ccccc1)N1C2CCC1CC(Oc1cccnc1)C2. The molecule has 0 saturated carbocycles. The number of pyridine rings is 1. The molecule has 2 aromatic rings. The summed E-state index contributed by atoms with van der Waals surface area (Å²) in [5.41, 5.74) is 1.09. The number of amides is 1. The Hall–Kier alpha value is -2.40. The molecule has 2 atom stereocenters. The predicted octanol–water partition coefficient (Wildman–Crippen LogP) is 3.20. The third-order valence-electron chi connectivity index (χ3n) is 5.25. The summed E-state index contributed by atoms with van der Waals surface area (Å²) in [4.78, 5) is 18.8. The maximum Gasteiger partial charge on any atom is 0.249 e. The number of aromatic nitrogens is 1. The molecular formula is C21H24N2O3. The Bertz CT molecular complexity index is 709. The Kier molecular flexibility index (Phi) is 5.16. The summed E-state index contributed by atoms with van der Waals surface area (Å²) in [6, 6.07) is 14.3. The van der Waals surface area contributed by atoms with E-state index in [1.807, 2.05) is 47.4 Å². The number of rotatable bonds is 6. The first-order valence-electron chi connectivity index (χ1n) is 9.29. The van der Waals surface area contributed by atoms with Gasteiger partial charge in [0.25, 0.3) is 0 Å². The van der Waals surface area contributed by atoms with E-state index in [9.17, 15) is 4.79 Å². The lowest BCUT2D eigenvalue weighted by atomic mass is 9.99. The van der Waals surface area contributed by atoms with Gasteiger partial charge < -0.3 is 14.4 Å². The summed E-state index contributed by atoms with van der Waals surface area (Å²) in [7, 11) is 0. The van der Waals surface area contributed by atoms with E-state index in [0.29, 0.717) is 6.61 Å². The number of hydrogen-bond donors (Lipinski definition) is 0. The van der Waals surface area contributed by atoms with Crippen molar-refractivity contribution < 1.29 is 14.3 Å². The van der Waals surface area contributed by atoms with Gasteiger partial charge in [0.05, 0.1) is 12.8 Å². The van der Waals surface area contributed by atoms with Crippen LogP contribution in [0.15, 0.2) is 54.9 Å². The normalized spacial score (nSPS) is 24.5. The van der Waals surface area contributed by atoms with Gasteiger partial charge in [0.2, 0.25) is 5.91 Å². The van der Waals surface area contributed by atoms with Crippen molar-refractivity contribution in [2.75, 3.05) is 6.61 Å². The first-order chi connectivity index (χ1) is 12.8. The molecule has 4 rings (SSSR count). The first-order valence-corrected chi connectivity index (χ1v) is 9.29. The maximum atomic E-state index is 12.7. The van der Waals surface area contributed by atoms with Gasteiger partial charge in [0.15, 0.2) is 0 Å². The van der Waals surface area contributed by atoms with E-state index < -0.39 is 0 Å². The number of benzene rings is 1. The largest absolute Gasteiger partial charge is 0.489 e. The summed E-state index contributed by atoms with van der Waals surface area (Å²) in [6.07, 6.45) is 7.53. The lowest BCUT2D eigenvalue weighted by Crippen LogP contribution is -2.50. The highest BCUT2D eigenvalue weighted by Crippen LogP contribution is 2.37. The monoisotopic (exact) mass is 352 g/mol. The third-order valence-corrected chi connectivity index (χ3v) is 5.25. The Morgan fingerprint density at radius 2 is 1.85 bits per heavy atom. The average Bonchev–Trinajstić information content (AvgIpc) is 2.94. The van der Waals surface area contributed by atoms with E-state index >= 15 is 0 Å². The molecule has 2 fully saturated rings. The van der Waals surface area contributed by atoms with E-state index in [-0.39, 0.29) is 30.7 Å². The van der Waals surface area contributed by atoms with Crippen LogP contribution >= 0.6 is 0 Å². The van der Waals surface area contributed by atoms with E-state index in [1.54, 1.807) is 12.4 Å². The van der Waals surface area contributed by atoms with Gasteiger partial charge in [-0.25, -0.2) is 0 Å². The molecule has 0 N–H and O–H groups in total. The fourth-order valence-corrected chi connectivity index (χ4v) is 4.14. The highest BCUT2D eigenvalue weighted by Gasteiger charge is 2.43. The Balaban J connectivity index is 1.29. The summed E-state index contributed by atoms with van der Waals surface area (Å²) >= 11 is 0. The van der Waals surface area contributed by atoms with Crippen molar-refractivity contribution in [2.45, 2.75) is 50.5 Å². The zero-order valence-electron chi connectivity index (χ0n) is 14.8. The molecular weight excluding hydrogens is 328 g/mol. The minimum atomic E-state index is 0.105. The molecule has 5 heteroatoms. The maximum absolute atomic E-state index is 12.7. The molecule has 2 bridgehead atoms. The fraction of sp³-hybridized carbons (Fsp3) is 0.429. The smallest absolute Gasteiger partial charge is 0.249 e. The number of ether oxygens (including phenoxy) is 2. The second-order valence-electron chi connectivity index (χ2n) is 7.06. The zero-order chi connectivity index (χ0) is 17.8.